The van der Waals surface area contributed by atoms with Gasteiger partial charge in [-0.3, -0.25) is 0 Å². The minimum atomic E-state index is -1.05. The van der Waals surface area contributed by atoms with Crippen molar-refractivity contribution in [3.63, 3.8) is 0 Å². The summed E-state index contributed by atoms with van der Waals surface area (Å²) in [5.41, 5.74) is 0. The monoisotopic (exact) mass is 262 g/mol. The molecular weight excluding hydrogens is 248 g/mol. The van der Waals surface area contributed by atoms with Crippen molar-refractivity contribution in [2.24, 2.45) is 0 Å². The second kappa shape index (κ2) is 5.61. The van der Waals surface area contributed by atoms with Gasteiger partial charge in [-0.25, -0.2) is 9.59 Å². The summed E-state index contributed by atoms with van der Waals surface area (Å²) in [5, 5.41) is 0. The molecule has 2 aliphatic rings. The molecule has 0 radical (unpaired) electrons. The molecule has 0 aromatic heterocycles. The van der Waals surface area contributed by atoms with Gasteiger partial charge in [0, 0.05) is 0 Å². The molecule has 0 N–H and O–H groups in total. The van der Waals surface area contributed by atoms with Crippen molar-refractivity contribution in [3.05, 3.63) is 0 Å². The minimum absolute atomic E-state index is 0.168. The fourth-order valence-corrected chi connectivity index (χ4v) is 1.67. The van der Waals surface area contributed by atoms with Gasteiger partial charge < -0.3 is 28.4 Å². The maximum Gasteiger partial charge on any atom is 0.363 e. The van der Waals surface area contributed by atoms with Crippen LogP contribution in [0.2, 0.25) is 0 Å². The average Bonchev–Trinajstić information content (AvgIpc) is 3.04. The molecule has 2 rings (SSSR count). The normalized spacial score (nSPS) is 35.4. The topological polar surface area (TPSA) is 89.5 Å². The summed E-state index contributed by atoms with van der Waals surface area (Å²) >= 11 is 0. The van der Waals surface area contributed by atoms with E-state index >= 15 is 0 Å². The number of esters is 2. The average molecular weight is 262 g/mol. The van der Waals surface area contributed by atoms with Gasteiger partial charge in [0.15, 0.2) is 0 Å². The van der Waals surface area contributed by atoms with Gasteiger partial charge in [0.05, 0.1) is 27.4 Å². The Morgan fingerprint density at radius 1 is 0.889 bits per heavy atom. The molecule has 102 valence electrons. The third kappa shape index (κ3) is 2.61. The van der Waals surface area contributed by atoms with Gasteiger partial charge in [-0.05, 0) is 0 Å². The van der Waals surface area contributed by atoms with Crippen LogP contribution in [0.1, 0.15) is 0 Å². The molecular formula is C10H14O8. The van der Waals surface area contributed by atoms with Crippen LogP contribution in [0.5, 0.6) is 0 Å². The lowest BCUT2D eigenvalue weighted by atomic mass is 10.2. The van der Waals surface area contributed by atoms with Crippen LogP contribution in [0.3, 0.4) is 0 Å². The number of carbonyl (C=O) groups is 2. The number of hydrogen-bond acceptors (Lipinski definition) is 8. The molecule has 0 aliphatic carbocycles. The van der Waals surface area contributed by atoms with E-state index in [2.05, 4.69) is 9.47 Å². The first-order chi connectivity index (χ1) is 8.65. The van der Waals surface area contributed by atoms with E-state index in [1.807, 2.05) is 0 Å². The number of carbonyl (C=O) groups excluding carboxylic acids is 2. The molecule has 2 saturated heterocycles. The van der Waals surface area contributed by atoms with Crippen molar-refractivity contribution in [2.75, 3.05) is 27.4 Å². The Morgan fingerprint density at radius 3 is 1.61 bits per heavy atom. The molecule has 4 atom stereocenters. The Bertz CT molecular complexity index is 298. The number of methoxy groups -OCH3 is 2. The highest BCUT2D eigenvalue weighted by Crippen LogP contribution is 2.23. The Morgan fingerprint density at radius 2 is 1.28 bits per heavy atom. The Balaban J connectivity index is 1.84. The third-order valence-corrected chi connectivity index (χ3v) is 2.62. The molecule has 8 heteroatoms. The van der Waals surface area contributed by atoms with Crippen molar-refractivity contribution >= 4 is 11.9 Å². The van der Waals surface area contributed by atoms with E-state index in [4.69, 9.17) is 18.9 Å². The highest BCUT2D eigenvalue weighted by atomic mass is 16.8. The zero-order chi connectivity index (χ0) is 13.1. The van der Waals surface area contributed by atoms with Crippen molar-refractivity contribution in [2.45, 2.75) is 24.8 Å². The summed E-state index contributed by atoms with van der Waals surface area (Å²) in [4.78, 5) is 22.3. The van der Waals surface area contributed by atoms with Gasteiger partial charge in [0.1, 0.15) is 12.2 Å². The minimum Gasteiger partial charge on any atom is -0.465 e. The van der Waals surface area contributed by atoms with Gasteiger partial charge in [0.2, 0.25) is 0 Å². The fraction of sp³-hybridized carbons (Fsp3) is 0.800. The first kappa shape index (κ1) is 13.2. The Hall–Kier alpha value is -1.22. The largest absolute Gasteiger partial charge is 0.465 e. The first-order valence-electron chi connectivity index (χ1n) is 5.35. The second-order valence-corrected chi connectivity index (χ2v) is 3.73. The summed E-state index contributed by atoms with van der Waals surface area (Å²) in [7, 11) is 2.48. The van der Waals surface area contributed by atoms with Crippen LogP contribution in [0.4, 0.5) is 0 Å². The van der Waals surface area contributed by atoms with E-state index < -0.39 is 36.7 Å². The van der Waals surface area contributed by atoms with Gasteiger partial charge in [-0.1, -0.05) is 0 Å². The highest BCUT2D eigenvalue weighted by Gasteiger charge is 2.43. The van der Waals surface area contributed by atoms with Crippen molar-refractivity contribution in [1.82, 2.24) is 0 Å². The molecule has 8 nitrogen and oxygen atoms in total. The lowest BCUT2D eigenvalue weighted by Crippen LogP contribution is -2.33. The van der Waals surface area contributed by atoms with E-state index in [-0.39, 0.29) is 13.2 Å². The van der Waals surface area contributed by atoms with Crippen LogP contribution in [0, 0.1) is 0 Å². The van der Waals surface area contributed by atoms with E-state index in [1.54, 1.807) is 0 Å². The number of hydrogen-bond donors (Lipinski definition) is 0. The Kier molecular flexibility index (Phi) is 4.12. The van der Waals surface area contributed by atoms with E-state index in [0.29, 0.717) is 0 Å². The van der Waals surface area contributed by atoms with Crippen LogP contribution >= 0.6 is 0 Å². The summed E-state index contributed by atoms with van der Waals surface area (Å²) in [6.45, 7) is 0.337. The summed E-state index contributed by atoms with van der Waals surface area (Å²) in [6, 6.07) is 0. The zero-order valence-electron chi connectivity index (χ0n) is 9.99. The maximum atomic E-state index is 11.2. The maximum absolute atomic E-state index is 11.2. The molecule has 0 aromatic rings. The van der Waals surface area contributed by atoms with Crippen LogP contribution in [0.25, 0.3) is 0 Å². The molecule has 0 amide bonds. The van der Waals surface area contributed by atoms with Crippen molar-refractivity contribution in [3.8, 4) is 0 Å². The smallest absolute Gasteiger partial charge is 0.363 e. The SMILES string of the molecule is COC(=O)[C@H]1OC[C@H]([C@H]2CO[C@H](C(=O)OC)O2)O1. The molecule has 2 heterocycles. The Labute approximate surface area is 103 Å². The molecule has 0 aromatic carbocycles. The second-order valence-electron chi connectivity index (χ2n) is 3.73. The molecule has 2 fully saturated rings. The van der Waals surface area contributed by atoms with Crippen molar-refractivity contribution in [1.29, 1.82) is 0 Å². The molecule has 18 heavy (non-hydrogen) atoms. The molecule has 0 unspecified atom stereocenters. The van der Waals surface area contributed by atoms with Gasteiger partial charge >= 0.3 is 11.9 Å². The van der Waals surface area contributed by atoms with Crippen LogP contribution in [-0.2, 0) is 38.0 Å². The molecule has 0 spiro atoms. The third-order valence-electron chi connectivity index (χ3n) is 2.62. The molecule has 0 bridgehead atoms. The summed E-state index contributed by atoms with van der Waals surface area (Å²) < 4.78 is 29.8. The quantitative estimate of drug-likeness (QED) is 0.587. The lowest BCUT2D eigenvalue weighted by molar-refractivity contribution is -0.179. The fourth-order valence-electron chi connectivity index (χ4n) is 1.67. The van der Waals surface area contributed by atoms with E-state index in [1.165, 1.54) is 14.2 Å². The van der Waals surface area contributed by atoms with E-state index in [0.717, 1.165) is 0 Å². The van der Waals surface area contributed by atoms with Crippen molar-refractivity contribution < 1.29 is 38.0 Å². The number of rotatable bonds is 3. The van der Waals surface area contributed by atoms with Crippen LogP contribution < -0.4 is 0 Å². The summed E-state index contributed by atoms with van der Waals surface area (Å²) in [6.07, 6.45) is -3.07. The molecule has 0 saturated carbocycles. The first-order valence-corrected chi connectivity index (χ1v) is 5.35. The predicted octanol–water partition coefficient (Wildman–Crippen LogP) is -1.18. The van der Waals surface area contributed by atoms with Gasteiger partial charge in [0.25, 0.3) is 12.6 Å². The van der Waals surface area contributed by atoms with Gasteiger partial charge in [-0.2, -0.15) is 0 Å². The van der Waals surface area contributed by atoms with E-state index in [9.17, 15) is 9.59 Å². The lowest BCUT2D eigenvalue weighted by Gasteiger charge is -2.15. The zero-order valence-corrected chi connectivity index (χ0v) is 9.99. The predicted molar refractivity (Wildman–Crippen MR) is 53.3 cm³/mol. The molecule has 2 aliphatic heterocycles. The number of ether oxygens (including phenoxy) is 6. The van der Waals surface area contributed by atoms with Crippen LogP contribution in [-0.4, -0.2) is 64.2 Å². The van der Waals surface area contributed by atoms with Gasteiger partial charge in [-0.15, -0.1) is 0 Å². The summed E-state index contributed by atoms with van der Waals surface area (Å²) in [5.74, 6) is -1.22. The highest BCUT2D eigenvalue weighted by molar-refractivity contribution is 5.73. The standard InChI is InChI=1S/C10H14O8/c1-13-7(11)9-15-3-5(17-9)6-4-16-10(18-6)8(12)14-2/h5-6,9-10H,3-4H2,1-2H3/t5-,6-,9+,10+/m1/s1. The van der Waals surface area contributed by atoms with Crippen LogP contribution in [0.15, 0.2) is 0 Å².